The molecule has 6 rings (SSSR count). The average molecular weight is 639 g/mol. The third-order valence-corrected chi connectivity index (χ3v) is 14.5. The van der Waals surface area contributed by atoms with Crippen molar-refractivity contribution < 1.29 is 24.2 Å². The highest BCUT2D eigenvalue weighted by atomic mass is 16.6. The summed E-state index contributed by atoms with van der Waals surface area (Å²) in [6.07, 6.45) is 9.63. The number of ether oxygens (including phenoxy) is 1. The van der Waals surface area contributed by atoms with Crippen LogP contribution in [-0.2, 0) is 14.3 Å². The minimum Gasteiger partial charge on any atom is -0.444 e. The van der Waals surface area contributed by atoms with Gasteiger partial charge in [-0.05, 0) is 142 Å². The van der Waals surface area contributed by atoms with E-state index in [1.807, 2.05) is 20.8 Å². The Labute approximate surface area is 278 Å². The highest BCUT2D eigenvalue weighted by Crippen LogP contribution is 2.72. The first-order valence-corrected chi connectivity index (χ1v) is 18.6. The maximum Gasteiger partial charge on any atom is 0.410 e. The average Bonchev–Trinajstić information content (AvgIpc) is 3.55. The fraction of sp³-hybridized carbons (Fsp3) is 0.872. The second kappa shape index (κ2) is 11.3. The van der Waals surface area contributed by atoms with E-state index in [1.165, 1.54) is 5.57 Å². The quantitative estimate of drug-likeness (QED) is 0.333. The molecule has 2 N–H and O–H groups in total. The van der Waals surface area contributed by atoms with Crippen LogP contribution in [0, 0.1) is 51.2 Å². The zero-order valence-corrected chi connectivity index (χ0v) is 30.3. The molecule has 5 fully saturated rings. The van der Waals surface area contributed by atoms with E-state index in [4.69, 9.17) is 4.74 Å². The molecule has 0 aromatic carbocycles. The summed E-state index contributed by atoms with van der Waals surface area (Å²) in [6.45, 7) is 20.6. The summed E-state index contributed by atoms with van der Waals surface area (Å²) in [5.74, 6) is 2.09. The molecular weight excluding hydrogens is 576 g/mol. The molecule has 46 heavy (non-hydrogen) atoms. The predicted molar refractivity (Wildman–Crippen MR) is 180 cm³/mol. The standard InChI is InChI=1S/C39H62N2O5/c1-23(2)31-27(42)21-39(33(44)40-22-24-11-10-20-41(24)34(45)46-35(3,4)5)19-14-26-25(32(31)39)12-13-29-37(26,8)17-15-28-36(6,7)30(43)16-18-38(28,29)9/h23-26,28-30,43H,10-22H2,1-9H3,(H,40,44)/t24?,25?,26?,28?,29?,30-,37-,38-,39+/m0/s1. The highest BCUT2D eigenvalue weighted by molar-refractivity contribution is 6.06. The van der Waals surface area contributed by atoms with Crippen molar-refractivity contribution in [2.75, 3.05) is 13.1 Å². The van der Waals surface area contributed by atoms with Crippen LogP contribution >= 0.6 is 0 Å². The number of carbonyl (C=O) groups excluding carboxylic acids is 3. The molecule has 5 unspecified atom stereocenters. The number of likely N-dealkylation sites (tertiary alicyclic amines) is 1. The molecule has 0 radical (unpaired) electrons. The molecule has 1 aliphatic heterocycles. The molecule has 2 amide bonds. The third-order valence-electron chi connectivity index (χ3n) is 14.5. The molecule has 0 spiro atoms. The lowest BCUT2D eigenvalue weighted by Gasteiger charge is -2.68. The van der Waals surface area contributed by atoms with E-state index in [1.54, 1.807) is 4.90 Å². The first kappa shape index (κ1) is 34.0. The number of allylic oxidation sites excluding steroid dienone is 1. The zero-order chi connectivity index (χ0) is 33.6. The van der Waals surface area contributed by atoms with Crippen molar-refractivity contribution in [2.45, 2.75) is 151 Å². The van der Waals surface area contributed by atoms with Gasteiger partial charge in [0.1, 0.15) is 5.60 Å². The summed E-state index contributed by atoms with van der Waals surface area (Å²) in [7, 11) is 0. The van der Waals surface area contributed by atoms with Crippen LogP contribution < -0.4 is 5.32 Å². The summed E-state index contributed by atoms with van der Waals surface area (Å²) < 4.78 is 5.68. The number of aliphatic hydroxyl groups excluding tert-OH is 1. The summed E-state index contributed by atoms with van der Waals surface area (Å²) in [5, 5.41) is 14.3. The van der Waals surface area contributed by atoms with E-state index in [2.05, 4.69) is 46.9 Å². The molecule has 7 nitrogen and oxygen atoms in total. The van der Waals surface area contributed by atoms with Gasteiger partial charge in [-0.2, -0.15) is 0 Å². The van der Waals surface area contributed by atoms with Gasteiger partial charge >= 0.3 is 6.09 Å². The van der Waals surface area contributed by atoms with Crippen LogP contribution in [0.5, 0.6) is 0 Å². The van der Waals surface area contributed by atoms with Crippen molar-refractivity contribution in [2.24, 2.45) is 51.2 Å². The Morgan fingerprint density at radius 1 is 0.957 bits per heavy atom. The van der Waals surface area contributed by atoms with Crippen molar-refractivity contribution in [3.05, 3.63) is 11.1 Å². The number of ketones is 1. The molecule has 9 atom stereocenters. The van der Waals surface area contributed by atoms with Gasteiger partial charge in [0.15, 0.2) is 5.78 Å². The Morgan fingerprint density at radius 3 is 2.33 bits per heavy atom. The summed E-state index contributed by atoms with van der Waals surface area (Å²) in [4.78, 5) is 43.1. The van der Waals surface area contributed by atoms with Gasteiger partial charge in [0.25, 0.3) is 0 Å². The summed E-state index contributed by atoms with van der Waals surface area (Å²) in [5.41, 5.74) is 1.07. The lowest BCUT2D eigenvalue weighted by Crippen LogP contribution is -2.63. The fourth-order valence-corrected chi connectivity index (χ4v) is 12.6. The molecule has 7 heteroatoms. The number of Topliss-reactive ketones (excluding diaryl/α,β-unsaturated/α-hetero) is 1. The van der Waals surface area contributed by atoms with Crippen LogP contribution in [0.2, 0.25) is 0 Å². The second-order valence-electron chi connectivity index (χ2n) is 18.7. The molecule has 5 aliphatic carbocycles. The topological polar surface area (TPSA) is 95.9 Å². The van der Waals surface area contributed by atoms with E-state index >= 15 is 0 Å². The van der Waals surface area contributed by atoms with Gasteiger partial charge in [0, 0.05) is 19.5 Å². The maximum absolute atomic E-state index is 14.5. The van der Waals surface area contributed by atoms with Crippen LogP contribution in [0.4, 0.5) is 4.79 Å². The van der Waals surface area contributed by atoms with Gasteiger partial charge in [-0.1, -0.05) is 41.5 Å². The zero-order valence-electron chi connectivity index (χ0n) is 30.3. The molecular formula is C39H62N2O5. The largest absolute Gasteiger partial charge is 0.444 e. The number of nitrogens with one attached hydrogen (secondary N) is 1. The van der Waals surface area contributed by atoms with Crippen LogP contribution in [0.15, 0.2) is 11.1 Å². The maximum atomic E-state index is 14.5. The number of hydrogen-bond acceptors (Lipinski definition) is 5. The predicted octanol–water partition coefficient (Wildman–Crippen LogP) is 7.45. The molecule has 0 aromatic heterocycles. The monoisotopic (exact) mass is 638 g/mol. The first-order chi connectivity index (χ1) is 21.4. The Morgan fingerprint density at radius 2 is 1.65 bits per heavy atom. The number of carbonyl (C=O) groups is 3. The van der Waals surface area contributed by atoms with Gasteiger partial charge in [-0.25, -0.2) is 4.79 Å². The Kier molecular flexibility index (Phi) is 8.38. The van der Waals surface area contributed by atoms with Crippen LogP contribution in [0.25, 0.3) is 0 Å². The van der Waals surface area contributed by atoms with Gasteiger partial charge < -0.3 is 20.1 Å². The van der Waals surface area contributed by atoms with Crippen molar-refractivity contribution in [3.8, 4) is 0 Å². The Balaban J connectivity index is 1.27. The number of fused-ring (bicyclic) bond motifs is 7. The van der Waals surface area contributed by atoms with Crippen LogP contribution in [-0.4, -0.2) is 58.6 Å². The molecule has 258 valence electrons. The van der Waals surface area contributed by atoms with Crippen molar-refractivity contribution in [3.63, 3.8) is 0 Å². The third kappa shape index (κ3) is 5.10. The smallest absolute Gasteiger partial charge is 0.410 e. The van der Waals surface area contributed by atoms with Gasteiger partial charge in [0.2, 0.25) is 5.91 Å². The molecule has 4 saturated carbocycles. The van der Waals surface area contributed by atoms with Gasteiger partial charge in [-0.15, -0.1) is 0 Å². The normalized spacial score (nSPS) is 41.9. The Hall–Kier alpha value is -1.89. The lowest BCUT2D eigenvalue weighted by atomic mass is 9.36. The van der Waals surface area contributed by atoms with Crippen molar-refractivity contribution >= 4 is 17.8 Å². The van der Waals surface area contributed by atoms with Crippen LogP contribution in [0.3, 0.4) is 0 Å². The Bertz CT molecular complexity index is 1300. The SMILES string of the molecule is CC(C)C1=C2C3CCC4[C@@](C)(CCC5C(C)(C)[C@@H](O)CC[C@@]54C)C3CC[C@@]2(C(=O)NCC2CCCN2C(=O)OC(C)(C)C)CC1=O. The number of nitrogens with zero attached hydrogens (tertiary/aromatic N) is 1. The van der Waals surface area contributed by atoms with E-state index in [0.717, 1.165) is 69.8 Å². The minimum atomic E-state index is -0.769. The van der Waals surface area contributed by atoms with E-state index in [-0.39, 0.29) is 64.4 Å². The lowest BCUT2D eigenvalue weighted by molar-refractivity contribution is -0.203. The van der Waals surface area contributed by atoms with Gasteiger partial charge in [0.05, 0.1) is 17.6 Å². The number of amides is 2. The van der Waals surface area contributed by atoms with Crippen molar-refractivity contribution in [1.82, 2.24) is 10.2 Å². The van der Waals surface area contributed by atoms with Crippen LogP contribution in [0.1, 0.15) is 133 Å². The van der Waals surface area contributed by atoms with E-state index in [0.29, 0.717) is 30.8 Å². The van der Waals surface area contributed by atoms with E-state index in [9.17, 15) is 19.5 Å². The van der Waals surface area contributed by atoms with Gasteiger partial charge in [-0.3, -0.25) is 9.59 Å². The molecule has 1 heterocycles. The van der Waals surface area contributed by atoms with Crippen molar-refractivity contribution in [1.29, 1.82) is 0 Å². The summed E-state index contributed by atoms with van der Waals surface area (Å²) >= 11 is 0. The molecule has 6 aliphatic rings. The molecule has 1 saturated heterocycles. The molecule has 0 aromatic rings. The van der Waals surface area contributed by atoms with E-state index < -0.39 is 11.0 Å². The molecule has 0 bridgehead atoms. The first-order valence-electron chi connectivity index (χ1n) is 18.6. The number of rotatable bonds is 4. The fourth-order valence-electron chi connectivity index (χ4n) is 12.6. The number of hydrogen-bond donors (Lipinski definition) is 2. The minimum absolute atomic E-state index is 0.00745. The highest BCUT2D eigenvalue weighted by Gasteiger charge is 2.67. The summed E-state index contributed by atoms with van der Waals surface area (Å²) in [6, 6.07) is -0.0933. The number of aliphatic hydroxyl groups is 1. The second-order valence-corrected chi connectivity index (χ2v) is 18.7.